The van der Waals surface area contributed by atoms with E-state index < -0.39 is 0 Å². The minimum absolute atomic E-state index is 0.0309. The van der Waals surface area contributed by atoms with Crippen molar-refractivity contribution in [1.29, 1.82) is 0 Å². The second-order valence-electron chi connectivity index (χ2n) is 5.41. The number of hydrogen-bond acceptors (Lipinski definition) is 2. The molecule has 1 saturated carbocycles. The van der Waals surface area contributed by atoms with Gasteiger partial charge < -0.3 is 10.3 Å². The molecule has 0 bridgehead atoms. The third-order valence-corrected chi connectivity index (χ3v) is 4.21. The summed E-state index contributed by atoms with van der Waals surface area (Å²) in [5, 5.41) is 3.68. The standard InChI is InChI=1S/C14H20N2O/c17-14-8-7-11-12(5-2-6-13(11)16-14)15-9-10-3-1-4-10/h7-8,10,12,15H,1-6,9H2,(H,16,17). The third-order valence-electron chi connectivity index (χ3n) is 4.21. The molecule has 0 spiro atoms. The van der Waals surface area contributed by atoms with Gasteiger partial charge in [-0.25, -0.2) is 0 Å². The van der Waals surface area contributed by atoms with Gasteiger partial charge in [0, 0.05) is 17.8 Å². The van der Waals surface area contributed by atoms with E-state index in [4.69, 9.17) is 0 Å². The fourth-order valence-corrected chi connectivity index (χ4v) is 2.92. The first kappa shape index (κ1) is 11.0. The Hall–Kier alpha value is -1.09. The summed E-state index contributed by atoms with van der Waals surface area (Å²) >= 11 is 0. The molecule has 0 aromatic carbocycles. The molecule has 1 aromatic rings. The van der Waals surface area contributed by atoms with E-state index in [1.54, 1.807) is 6.07 Å². The molecular formula is C14H20N2O. The van der Waals surface area contributed by atoms with Crippen LogP contribution in [0.4, 0.5) is 0 Å². The molecule has 2 aliphatic carbocycles. The van der Waals surface area contributed by atoms with Crippen molar-refractivity contribution in [3.8, 4) is 0 Å². The van der Waals surface area contributed by atoms with E-state index in [9.17, 15) is 4.79 Å². The molecule has 0 radical (unpaired) electrons. The Balaban J connectivity index is 1.72. The molecule has 1 atom stereocenters. The van der Waals surface area contributed by atoms with Crippen LogP contribution in [0.3, 0.4) is 0 Å². The van der Waals surface area contributed by atoms with Crippen molar-refractivity contribution in [2.24, 2.45) is 5.92 Å². The molecule has 0 saturated heterocycles. The zero-order chi connectivity index (χ0) is 11.7. The molecular weight excluding hydrogens is 212 g/mol. The Morgan fingerprint density at radius 3 is 2.88 bits per heavy atom. The molecule has 0 aliphatic heterocycles. The van der Waals surface area contributed by atoms with Crippen LogP contribution in [0, 0.1) is 5.92 Å². The molecule has 2 aliphatic rings. The topological polar surface area (TPSA) is 44.9 Å². The highest BCUT2D eigenvalue weighted by Crippen LogP contribution is 2.30. The highest BCUT2D eigenvalue weighted by atomic mass is 16.1. The number of pyridine rings is 1. The van der Waals surface area contributed by atoms with E-state index in [-0.39, 0.29) is 5.56 Å². The van der Waals surface area contributed by atoms with Crippen molar-refractivity contribution in [3.63, 3.8) is 0 Å². The van der Waals surface area contributed by atoms with Crippen LogP contribution >= 0.6 is 0 Å². The summed E-state index contributed by atoms with van der Waals surface area (Å²) in [6.07, 6.45) is 7.57. The van der Waals surface area contributed by atoms with Gasteiger partial charge in [-0.05, 0) is 50.1 Å². The molecule has 3 rings (SSSR count). The molecule has 92 valence electrons. The van der Waals surface area contributed by atoms with Crippen molar-refractivity contribution >= 4 is 0 Å². The van der Waals surface area contributed by atoms with Crippen LogP contribution in [-0.2, 0) is 6.42 Å². The number of aryl methyl sites for hydroxylation is 1. The summed E-state index contributed by atoms with van der Waals surface area (Å²) in [5.74, 6) is 0.892. The van der Waals surface area contributed by atoms with Crippen molar-refractivity contribution in [1.82, 2.24) is 10.3 Å². The smallest absolute Gasteiger partial charge is 0.248 e. The highest BCUT2D eigenvalue weighted by Gasteiger charge is 2.23. The molecule has 1 fully saturated rings. The first-order valence-electron chi connectivity index (χ1n) is 6.78. The number of aromatic amines is 1. The summed E-state index contributed by atoms with van der Waals surface area (Å²) in [6, 6.07) is 4.12. The predicted molar refractivity (Wildman–Crippen MR) is 68.1 cm³/mol. The number of fused-ring (bicyclic) bond motifs is 1. The lowest BCUT2D eigenvalue weighted by atomic mass is 9.84. The zero-order valence-corrected chi connectivity index (χ0v) is 10.2. The van der Waals surface area contributed by atoms with E-state index in [1.807, 2.05) is 6.07 Å². The summed E-state index contributed by atoms with van der Waals surface area (Å²) in [7, 11) is 0. The van der Waals surface area contributed by atoms with Crippen LogP contribution in [0.15, 0.2) is 16.9 Å². The molecule has 17 heavy (non-hydrogen) atoms. The van der Waals surface area contributed by atoms with E-state index in [0.717, 1.165) is 24.6 Å². The second-order valence-corrected chi connectivity index (χ2v) is 5.41. The first-order valence-corrected chi connectivity index (χ1v) is 6.78. The summed E-state index contributed by atoms with van der Waals surface area (Å²) < 4.78 is 0. The van der Waals surface area contributed by atoms with Crippen molar-refractivity contribution < 1.29 is 0 Å². The van der Waals surface area contributed by atoms with E-state index in [2.05, 4.69) is 10.3 Å². The van der Waals surface area contributed by atoms with Gasteiger partial charge in [0.25, 0.3) is 0 Å². The average Bonchev–Trinajstić information content (AvgIpc) is 2.26. The molecule has 1 heterocycles. The molecule has 2 N–H and O–H groups in total. The normalized spacial score (nSPS) is 24.1. The van der Waals surface area contributed by atoms with Gasteiger partial charge in [-0.3, -0.25) is 4.79 Å². The number of H-pyrrole nitrogens is 1. The lowest BCUT2D eigenvalue weighted by molar-refractivity contribution is 0.282. The largest absolute Gasteiger partial charge is 0.326 e. The SMILES string of the molecule is O=c1ccc2c([nH]1)CCCC2NCC1CCC1. The molecule has 1 aromatic heterocycles. The molecule has 3 nitrogen and oxygen atoms in total. The fourth-order valence-electron chi connectivity index (χ4n) is 2.92. The summed E-state index contributed by atoms with van der Waals surface area (Å²) in [6.45, 7) is 1.14. The van der Waals surface area contributed by atoms with Crippen molar-refractivity contribution in [3.05, 3.63) is 33.7 Å². The van der Waals surface area contributed by atoms with Crippen LogP contribution < -0.4 is 10.9 Å². The Morgan fingerprint density at radius 1 is 1.24 bits per heavy atom. The Bertz CT molecular complexity index is 448. The summed E-state index contributed by atoms with van der Waals surface area (Å²) in [5.41, 5.74) is 2.49. The lowest BCUT2D eigenvalue weighted by Gasteiger charge is -2.31. The number of hydrogen-bond donors (Lipinski definition) is 2. The van der Waals surface area contributed by atoms with Gasteiger partial charge in [-0.15, -0.1) is 0 Å². The molecule has 1 unspecified atom stereocenters. The van der Waals surface area contributed by atoms with Crippen molar-refractivity contribution in [2.45, 2.75) is 44.6 Å². The van der Waals surface area contributed by atoms with E-state index in [1.165, 1.54) is 37.7 Å². The first-order chi connectivity index (χ1) is 8.33. The maximum Gasteiger partial charge on any atom is 0.248 e. The highest BCUT2D eigenvalue weighted by molar-refractivity contribution is 5.26. The van der Waals surface area contributed by atoms with Gasteiger partial charge in [0.15, 0.2) is 0 Å². The molecule has 0 amide bonds. The number of rotatable bonds is 3. The Labute approximate surface area is 102 Å². The lowest BCUT2D eigenvalue weighted by Crippen LogP contribution is -2.33. The fraction of sp³-hybridized carbons (Fsp3) is 0.643. The average molecular weight is 232 g/mol. The van der Waals surface area contributed by atoms with Gasteiger partial charge in [-0.2, -0.15) is 0 Å². The van der Waals surface area contributed by atoms with Gasteiger partial charge in [0.2, 0.25) is 5.56 Å². The zero-order valence-electron chi connectivity index (χ0n) is 10.2. The maximum absolute atomic E-state index is 11.3. The van der Waals surface area contributed by atoms with Crippen molar-refractivity contribution in [2.75, 3.05) is 6.54 Å². The van der Waals surface area contributed by atoms with Crippen LogP contribution in [0.5, 0.6) is 0 Å². The van der Waals surface area contributed by atoms with E-state index in [0.29, 0.717) is 6.04 Å². The quantitative estimate of drug-likeness (QED) is 0.838. The van der Waals surface area contributed by atoms with E-state index >= 15 is 0 Å². The van der Waals surface area contributed by atoms with Crippen LogP contribution in [0.25, 0.3) is 0 Å². The maximum atomic E-state index is 11.3. The third kappa shape index (κ3) is 2.29. The number of nitrogens with one attached hydrogen (secondary N) is 2. The van der Waals surface area contributed by atoms with Gasteiger partial charge >= 0.3 is 0 Å². The van der Waals surface area contributed by atoms with Gasteiger partial charge in [-0.1, -0.05) is 12.5 Å². The molecule has 3 heteroatoms. The Kier molecular flexibility index (Phi) is 3.02. The minimum Gasteiger partial charge on any atom is -0.326 e. The van der Waals surface area contributed by atoms with Crippen LogP contribution in [0.2, 0.25) is 0 Å². The Morgan fingerprint density at radius 2 is 2.12 bits per heavy atom. The summed E-state index contributed by atoms with van der Waals surface area (Å²) in [4.78, 5) is 14.3. The number of aromatic nitrogens is 1. The second kappa shape index (κ2) is 4.65. The predicted octanol–water partition coefficient (Wildman–Crippen LogP) is 2.14. The van der Waals surface area contributed by atoms with Crippen LogP contribution in [0.1, 0.15) is 49.4 Å². The monoisotopic (exact) mass is 232 g/mol. The minimum atomic E-state index is 0.0309. The van der Waals surface area contributed by atoms with Gasteiger partial charge in [0.1, 0.15) is 0 Å². The van der Waals surface area contributed by atoms with Gasteiger partial charge in [0.05, 0.1) is 0 Å². The van der Waals surface area contributed by atoms with Crippen LogP contribution in [-0.4, -0.2) is 11.5 Å².